The molecule has 0 radical (unpaired) electrons. The number of carboxylic acid groups (broad SMARTS) is 1. The SMILES string of the molecule is Cc1nnc(SCC2=C(C(=O)O)N3C(=O)[C@@H]4[C@H]3[C@H](C2)CN4C(=O)Nc2ccc(O)cc2)s1.[NaH]. The van der Waals surface area contributed by atoms with Gasteiger partial charge in [0.1, 0.15) is 22.5 Å². The summed E-state index contributed by atoms with van der Waals surface area (Å²) in [5.74, 6) is -1.05. The van der Waals surface area contributed by atoms with Gasteiger partial charge in [-0.05, 0) is 43.2 Å². The first-order valence-electron chi connectivity index (χ1n) is 9.91. The minimum atomic E-state index is -1.13. The van der Waals surface area contributed by atoms with E-state index in [4.69, 9.17) is 0 Å². The Morgan fingerprint density at radius 3 is 2.64 bits per heavy atom. The molecule has 0 saturated carbocycles. The average Bonchev–Trinajstić information content (AvgIpc) is 3.34. The number of hydrogen-bond acceptors (Lipinski definition) is 8. The van der Waals surface area contributed by atoms with Crippen LogP contribution in [0.4, 0.5) is 10.5 Å². The average molecular weight is 498 g/mol. The third-order valence-electron chi connectivity index (χ3n) is 5.91. The molecule has 3 aliphatic heterocycles. The van der Waals surface area contributed by atoms with Gasteiger partial charge in [-0.1, -0.05) is 23.1 Å². The number of benzene rings is 1. The standard InChI is InChI=1S/C20H19N5O5S2.Na.H/c1-9-22-23-20(32-9)31-8-11-6-10-7-24(19(30)21-12-2-4-13(26)5-3-12)16-14(10)25(17(16)27)15(11)18(28)29;;/h2-5,10,14,16,26H,6-8H2,1H3,(H,21,30)(H,28,29);;/t10-,14-,16+;;/m1../s1. The number of hydrogen-bond donors (Lipinski definition) is 3. The summed E-state index contributed by atoms with van der Waals surface area (Å²) < 4.78 is 0.746. The molecule has 0 aliphatic carbocycles. The molecule has 3 N–H and O–H groups in total. The third kappa shape index (κ3) is 4.26. The number of β-lactam (4-membered cyclic amide) rings is 1. The van der Waals surface area contributed by atoms with Crippen molar-refractivity contribution >= 4 is 76.3 Å². The molecule has 2 saturated heterocycles. The molecule has 1 aromatic heterocycles. The molecule has 10 nitrogen and oxygen atoms in total. The van der Waals surface area contributed by atoms with Gasteiger partial charge in [-0.3, -0.25) is 9.69 Å². The summed E-state index contributed by atoms with van der Waals surface area (Å²) in [4.78, 5) is 40.7. The molecule has 3 atom stereocenters. The maximum atomic E-state index is 13.0. The fourth-order valence-corrected chi connectivity index (χ4v) is 6.44. The molecular formula is C20H20N5NaO5S2. The summed E-state index contributed by atoms with van der Waals surface area (Å²) in [6.45, 7) is 2.21. The van der Waals surface area contributed by atoms with Crippen LogP contribution in [0.25, 0.3) is 0 Å². The molecule has 2 aromatic rings. The number of aryl methyl sites for hydroxylation is 1. The fourth-order valence-electron chi connectivity index (χ4n) is 4.60. The molecule has 1 aromatic carbocycles. The second kappa shape index (κ2) is 9.26. The van der Waals surface area contributed by atoms with Gasteiger partial charge in [0, 0.05) is 23.9 Å². The number of nitrogens with one attached hydrogen (secondary N) is 1. The molecule has 2 fully saturated rings. The van der Waals surface area contributed by atoms with E-state index in [9.17, 15) is 24.6 Å². The number of aliphatic carboxylic acids is 1. The zero-order valence-corrected chi connectivity index (χ0v) is 18.5. The number of anilines is 1. The molecule has 13 heteroatoms. The van der Waals surface area contributed by atoms with Gasteiger partial charge in [-0.25, -0.2) is 9.59 Å². The number of nitrogens with zero attached hydrogens (tertiary/aromatic N) is 4. The van der Waals surface area contributed by atoms with Crippen molar-refractivity contribution in [1.29, 1.82) is 0 Å². The van der Waals surface area contributed by atoms with Gasteiger partial charge < -0.3 is 20.4 Å². The Kier molecular flexibility index (Phi) is 6.74. The van der Waals surface area contributed by atoms with Gasteiger partial charge in [0.05, 0.1) is 6.04 Å². The van der Waals surface area contributed by atoms with Crippen LogP contribution in [0.1, 0.15) is 11.4 Å². The first kappa shape index (κ1) is 24.0. The number of amides is 3. The quantitative estimate of drug-likeness (QED) is 0.245. The fraction of sp³-hybridized carbons (Fsp3) is 0.350. The second-order valence-corrected chi connectivity index (χ2v) is 10.3. The molecule has 3 aliphatic rings. The van der Waals surface area contributed by atoms with Gasteiger partial charge in [0.25, 0.3) is 5.91 Å². The van der Waals surface area contributed by atoms with E-state index in [2.05, 4.69) is 15.5 Å². The summed E-state index contributed by atoms with van der Waals surface area (Å²) in [5.41, 5.74) is 1.20. The normalized spacial score (nSPS) is 23.1. The van der Waals surface area contributed by atoms with E-state index in [0.29, 0.717) is 30.0 Å². The van der Waals surface area contributed by atoms with E-state index in [1.165, 1.54) is 45.0 Å². The van der Waals surface area contributed by atoms with Crippen LogP contribution in [0.3, 0.4) is 0 Å². The molecule has 168 valence electrons. The van der Waals surface area contributed by atoms with E-state index in [1.54, 1.807) is 12.1 Å². The van der Waals surface area contributed by atoms with Gasteiger partial charge >= 0.3 is 41.6 Å². The van der Waals surface area contributed by atoms with Crippen molar-refractivity contribution in [2.45, 2.75) is 29.8 Å². The topological polar surface area (TPSA) is 136 Å². The number of phenols is 1. The number of aromatic nitrogens is 2. The monoisotopic (exact) mass is 497 g/mol. The van der Waals surface area contributed by atoms with Gasteiger partial charge in [0.15, 0.2) is 4.34 Å². The number of phenolic OH excluding ortho intramolecular Hbond substituents is 1. The Balaban J connectivity index is 0.00000259. The number of rotatable bonds is 5. The number of urea groups is 1. The Morgan fingerprint density at radius 2 is 2.00 bits per heavy atom. The zero-order chi connectivity index (χ0) is 22.6. The van der Waals surface area contributed by atoms with Crippen LogP contribution in [-0.2, 0) is 9.59 Å². The van der Waals surface area contributed by atoms with Crippen LogP contribution in [0.15, 0.2) is 39.9 Å². The van der Waals surface area contributed by atoms with Crippen LogP contribution >= 0.6 is 23.1 Å². The number of carboxylic acids is 1. The zero-order valence-electron chi connectivity index (χ0n) is 16.9. The summed E-state index contributed by atoms with van der Waals surface area (Å²) in [7, 11) is 0. The molecule has 5 rings (SSSR count). The van der Waals surface area contributed by atoms with Crippen molar-refractivity contribution < 1.29 is 24.6 Å². The van der Waals surface area contributed by atoms with E-state index in [-0.39, 0.29) is 58.9 Å². The van der Waals surface area contributed by atoms with Crippen LogP contribution < -0.4 is 5.32 Å². The summed E-state index contributed by atoms with van der Waals surface area (Å²) in [5, 5.41) is 30.9. The Bertz CT molecular complexity index is 1150. The predicted octanol–water partition coefficient (Wildman–Crippen LogP) is 1.48. The first-order valence-corrected chi connectivity index (χ1v) is 11.7. The van der Waals surface area contributed by atoms with Crippen molar-refractivity contribution in [1.82, 2.24) is 20.0 Å². The van der Waals surface area contributed by atoms with Crippen molar-refractivity contribution in [3.8, 4) is 5.75 Å². The molecule has 3 amide bonds. The minimum absolute atomic E-state index is 0. The van der Waals surface area contributed by atoms with E-state index in [0.717, 1.165) is 9.35 Å². The van der Waals surface area contributed by atoms with Gasteiger partial charge in [-0.2, -0.15) is 0 Å². The number of aromatic hydroxyl groups is 1. The number of thioether (sulfide) groups is 1. The molecule has 0 bridgehead atoms. The molecule has 4 heterocycles. The van der Waals surface area contributed by atoms with Crippen molar-refractivity contribution in [3.63, 3.8) is 0 Å². The number of likely N-dealkylation sites (tertiary alicyclic amines) is 1. The first-order chi connectivity index (χ1) is 15.3. The Labute approximate surface area is 219 Å². The van der Waals surface area contributed by atoms with Crippen LogP contribution in [0.2, 0.25) is 0 Å². The van der Waals surface area contributed by atoms with E-state index >= 15 is 0 Å². The maximum absolute atomic E-state index is 13.0. The Morgan fingerprint density at radius 1 is 1.27 bits per heavy atom. The van der Waals surface area contributed by atoms with Gasteiger partial charge in [0.2, 0.25) is 0 Å². The van der Waals surface area contributed by atoms with E-state index < -0.39 is 18.0 Å². The number of carbonyl (C=O) groups excluding carboxylic acids is 2. The van der Waals surface area contributed by atoms with Crippen molar-refractivity contribution in [3.05, 3.63) is 40.5 Å². The number of carbonyl (C=O) groups is 3. The Hall–Kier alpha value is -2.12. The van der Waals surface area contributed by atoms with Gasteiger partial charge in [-0.15, -0.1) is 10.2 Å². The van der Waals surface area contributed by atoms with E-state index in [1.807, 2.05) is 6.92 Å². The molecule has 0 unspecified atom stereocenters. The second-order valence-electron chi connectivity index (χ2n) is 7.87. The van der Waals surface area contributed by atoms with Crippen LogP contribution in [0.5, 0.6) is 5.75 Å². The van der Waals surface area contributed by atoms with Crippen molar-refractivity contribution in [2.24, 2.45) is 5.92 Å². The van der Waals surface area contributed by atoms with Crippen LogP contribution in [0, 0.1) is 12.8 Å². The summed E-state index contributed by atoms with van der Waals surface area (Å²) in [6.07, 6.45) is 0.500. The molecular weight excluding hydrogens is 477 g/mol. The van der Waals surface area contributed by atoms with Crippen LogP contribution in [-0.4, -0.2) is 102 Å². The summed E-state index contributed by atoms with van der Waals surface area (Å²) >= 11 is 2.84. The third-order valence-corrected chi connectivity index (χ3v) is 7.96. The van der Waals surface area contributed by atoms with Crippen molar-refractivity contribution in [2.75, 3.05) is 17.6 Å². The predicted molar refractivity (Wildman–Crippen MR) is 124 cm³/mol. The summed E-state index contributed by atoms with van der Waals surface area (Å²) in [6, 6.07) is 4.66. The molecule has 33 heavy (non-hydrogen) atoms. The molecule has 0 spiro atoms.